The second-order valence-corrected chi connectivity index (χ2v) is 5.08. The summed E-state index contributed by atoms with van der Waals surface area (Å²) in [5.74, 6) is 0.0364. The zero-order valence-electron chi connectivity index (χ0n) is 11.4. The molecule has 2 rings (SSSR count). The molecule has 1 N–H and O–H groups in total. The van der Waals surface area contributed by atoms with Gasteiger partial charge in [0.05, 0.1) is 6.21 Å². The van der Waals surface area contributed by atoms with E-state index in [1.54, 1.807) is 6.21 Å². The van der Waals surface area contributed by atoms with Gasteiger partial charge in [0.15, 0.2) is 0 Å². The Labute approximate surface area is 113 Å². The SMILES string of the molecule is C=C1CC(C(=O)NN=Cc2ccc(N(C)C)cc2)C1. The third-order valence-corrected chi connectivity index (χ3v) is 3.24. The van der Waals surface area contributed by atoms with Crippen LogP contribution in [0.2, 0.25) is 0 Å². The highest BCUT2D eigenvalue weighted by molar-refractivity contribution is 5.84. The Bertz CT molecular complexity index is 495. The maximum atomic E-state index is 11.6. The molecule has 0 heterocycles. The molecule has 1 aliphatic carbocycles. The highest BCUT2D eigenvalue weighted by Crippen LogP contribution is 2.31. The van der Waals surface area contributed by atoms with Crippen molar-refractivity contribution < 1.29 is 4.79 Å². The fourth-order valence-electron chi connectivity index (χ4n) is 1.94. The Morgan fingerprint density at radius 2 is 2.00 bits per heavy atom. The van der Waals surface area contributed by atoms with Crippen LogP contribution in [0.5, 0.6) is 0 Å². The molecule has 0 radical (unpaired) electrons. The van der Waals surface area contributed by atoms with E-state index in [4.69, 9.17) is 0 Å². The molecule has 0 aromatic heterocycles. The summed E-state index contributed by atoms with van der Waals surface area (Å²) >= 11 is 0. The molecular formula is C15H19N3O. The molecule has 0 spiro atoms. The van der Waals surface area contributed by atoms with E-state index in [1.165, 1.54) is 0 Å². The first kappa shape index (κ1) is 13.3. The second-order valence-electron chi connectivity index (χ2n) is 5.08. The lowest BCUT2D eigenvalue weighted by Crippen LogP contribution is -2.32. The molecular weight excluding hydrogens is 238 g/mol. The topological polar surface area (TPSA) is 44.7 Å². The Morgan fingerprint density at radius 3 is 2.53 bits per heavy atom. The number of amides is 1. The Balaban J connectivity index is 1.85. The van der Waals surface area contributed by atoms with E-state index < -0.39 is 0 Å². The van der Waals surface area contributed by atoms with Gasteiger partial charge in [-0.25, -0.2) is 5.43 Å². The number of hydrazone groups is 1. The highest BCUT2D eigenvalue weighted by Gasteiger charge is 2.27. The van der Waals surface area contributed by atoms with E-state index in [0.29, 0.717) is 0 Å². The minimum Gasteiger partial charge on any atom is -0.378 e. The van der Waals surface area contributed by atoms with E-state index in [-0.39, 0.29) is 11.8 Å². The molecule has 100 valence electrons. The third kappa shape index (κ3) is 3.44. The number of carbonyl (C=O) groups excluding carboxylic acids is 1. The zero-order valence-corrected chi connectivity index (χ0v) is 11.4. The predicted octanol–water partition coefficient (Wildman–Crippen LogP) is 2.17. The molecule has 1 aromatic carbocycles. The number of nitrogens with zero attached hydrogens (tertiary/aromatic N) is 2. The van der Waals surface area contributed by atoms with Crippen LogP contribution in [0.1, 0.15) is 18.4 Å². The van der Waals surface area contributed by atoms with Crippen molar-refractivity contribution in [2.75, 3.05) is 19.0 Å². The standard InChI is InChI=1S/C15H19N3O/c1-11-8-13(9-11)15(19)17-16-10-12-4-6-14(7-5-12)18(2)3/h4-7,10,13H,1,8-9H2,2-3H3,(H,17,19). The summed E-state index contributed by atoms with van der Waals surface area (Å²) in [5, 5.41) is 3.98. The fourth-order valence-corrected chi connectivity index (χ4v) is 1.94. The highest BCUT2D eigenvalue weighted by atomic mass is 16.2. The van der Waals surface area contributed by atoms with Crippen LogP contribution in [0.15, 0.2) is 41.5 Å². The number of rotatable bonds is 4. The minimum atomic E-state index is -0.0199. The van der Waals surface area contributed by atoms with Crippen LogP contribution >= 0.6 is 0 Å². The number of hydrogen-bond donors (Lipinski definition) is 1. The Morgan fingerprint density at radius 1 is 1.37 bits per heavy atom. The van der Waals surface area contributed by atoms with Gasteiger partial charge in [0.2, 0.25) is 5.91 Å². The van der Waals surface area contributed by atoms with Crippen molar-refractivity contribution in [2.24, 2.45) is 11.0 Å². The largest absolute Gasteiger partial charge is 0.378 e. The van der Waals surface area contributed by atoms with Gasteiger partial charge in [0, 0.05) is 25.7 Å². The normalized spacial score (nSPS) is 15.4. The van der Waals surface area contributed by atoms with Gasteiger partial charge in [-0.05, 0) is 30.5 Å². The van der Waals surface area contributed by atoms with Crippen molar-refractivity contribution in [3.05, 3.63) is 42.0 Å². The lowest BCUT2D eigenvalue weighted by atomic mass is 9.81. The van der Waals surface area contributed by atoms with E-state index in [9.17, 15) is 4.79 Å². The molecule has 1 amide bonds. The lowest BCUT2D eigenvalue weighted by molar-refractivity contribution is -0.126. The predicted molar refractivity (Wildman–Crippen MR) is 78.4 cm³/mol. The summed E-state index contributed by atoms with van der Waals surface area (Å²) in [4.78, 5) is 13.7. The van der Waals surface area contributed by atoms with Gasteiger partial charge in [-0.2, -0.15) is 5.10 Å². The fraction of sp³-hybridized carbons (Fsp3) is 0.333. The number of hydrogen-bond acceptors (Lipinski definition) is 3. The monoisotopic (exact) mass is 257 g/mol. The quantitative estimate of drug-likeness (QED) is 0.510. The zero-order chi connectivity index (χ0) is 13.8. The summed E-state index contributed by atoms with van der Waals surface area (Å²) in [6.45, 7) is 3.82. The molecule has 0 atom stereocenters. The number of allylic oxidation sites excluding steroid dienone is 1. The van der Waals surface area contributed by atoms with Gasteiger partial charge >= 0.3 is 0 Å². The van der Waals surface area contributed by atoms with Crippen molar-refractivity contribution in [3.8, 4) is 0 Å². The van der Waals surface area contributed by atoms with Crippen LogP contribution in [0.25, 0.3) is 0 Å². The van der Waals surface area contributed by atoms with E-state index in [0.717, 1.165) is 29.7 Å². The molecule has 1 saturated carbocycles. The summed E-state index contributed by atoms with van der Waals surface area (Å²) in [5.41, 5.74) is 5.81. The van der Waals surface area contributed by atoms with Crippen LogP contribution < -0.4 is 10.3 Å². The van der Waals surface area contributed by atoms with Crippen molar-refractivity contribution >= 4 is 17.8 Å². The average molecular weight is 257 g/mol. The maximum absolute atomic E-state index is 11.6. The first-order chi connectivity index (χ1) is 9.06. The average Bonchev–Trinajstić information content (AvgIpc) is 2.35. The summed E-state index contributed by atoms with van der Waals surface area (Å²) in [6.07, 6.45) is 3.24. The van der Waals surface area contributed by atoms with Crippen molar-refractivity contribution in [3.63, 3.8) is 0 Å². The Hall–Kier alpha value is -2.10. The van der Waals surface area contributed by atoms with E-state index in [2.05, 4.69) is 17.1 Å². The van der Waals surface area contributed by atoms with E-state index in [1.807, 2.05) is 43.3 Å². The second kappa shape index (κ2) is 5.69. The van der Waals surface area contributed by atoms with Crippen LogP contribution in [-0.2, 0) is 4.79 Å². The number of anilines is 1. The van der Waals surface area contributed by atoms with Gasteiger partial charge in [0.25, 0.3) is 0 Å². The number of carbonyl (C=O) groups is 1. The molecule has 4 heteroatoms. The van der Waals surface area contributed by atoms with Crippen molar-refractivity contribution in [1.82, 2.24) is 5.43 Å². The minimum absolute atomic E-state index is 0.0199. The van der Waals surface area contributed by atoms with Crippen molar-refractivity contribution in [1.29, 1.82) is 0 Å². The van der Waals surface area contributed by atoms with Crippen LogP contribution in [0, 0.1) is 5.92 Å². The lowest BCUT2D eigenvalue weighted by Gasteiger charge is -2.25. The summed E-state index contributed by atoms with van der Waals surface area (Å²) in [7, 11) is 3.99. The Kier molecular flexibility index (Phi) is 4.00. The smallest absolute Gasteiger partial charge is 0.243 e. The van der Waals surface area contributed by atoms with E-state index >= 15 is 0 Å². The van der Waals surface area contributed by atoms with Gasteiger partial charge < -0.3 is 4.90 Å². The molecule has 1 fully saturated rings. The molecule has 0 unspecified atom stereocenters. The molecule has 0 aliphatic heterocycles. The summed E-state index contributed by atoms with van der Waals surface area (Å²) < 4.78 is 0. The number of nitrogens with one attached hydrogen (secondary N) is 1. The first-order valence-corrected chi connectivity index (χ1v) is 6.33. The first-order valence-electron chi connectivity index (χ1n) is 6.33. The molecule has 1 aliphatic rings. The molecule has 4 nitrogen and oxygen atoms in total. The number of benzene rings is 1. The maximum Gasteiger partial charge on any atom is 0.243 e. The van der Waals surface area contributed by atoms with Crippen molar-refractivity contribution in [2.45, 2.75) is 12.8 Å². The van der Waals surface area contributed by atoms with Crippen LogP contribution in [0.3, 0.4) is 0 Å². The molecule has 0 saturated heterocycles. The van der Waals surface area contributed by atoms with Crippen LogP contribution in [0.4, 0.5) is 5.69 Å². The third-order valence-electron chi connectivity index (χ3n) is 3.24. The van der Waals surface area contributed by atoms with Gasteiger partial charge in [-0.1, -0.05) is 24.3 Å². The van der Waals surface area contributed by atoms with Crippen LogP contribution in [-0.4, -0.2) is 26.2 Å². The van der Waals surface area contributed by atoms with Gasteiger partial charge in [0.1, 0.15) is 0 Å². The molecule has 0 bridgehead atoms. The molecule has 19 heavy (non-hydrogen) atoms. The molecule has 1 aromatic rings. The van der Waals surface area contributed by atoms with Gasteiger partial charge in [-0.3, -0.25) is 4.79 Å². The summed E-state index contributed by atoms with van der Waals surface area (Å²) in [6, 6.07) is 7.96. The van der Waals surface area contributed by atoms with Gasteiger partial charge in [-0.15, -0.1) is 0 Å².